The van der Waals surface area contributed by atoms with Crippen molar-refractivity contribution in [2.45, 2.75) is 52.9 Å². The van der Waals surface area contributed by atoms with Crippen LogP contribution in [0.2, 0.25) is 0 Å². The minimum atomic E-state index is -0.128. The first-order valence-electron chi connectivity index (χ1n) is 8.53. The molecule has 0 N–H and O–H groups in total. The Morgan fingerprint density at radius 2 is 2.09 bits per heavy atom. The molecule has 1 nitrogen and oxygen atoms in total. The minimum Gasteiger partial charge on any atom is -0.293 e. The Morgan fingerprint density at radius 1 is 1.32 bits per heavy atom. The summed E-state index contributed by atoms with van der Waals surface area (Å²) in [6, 6.07) is 0. The van der Waals surface area contributed by atoms with Gasteiger partial charge in [-0.1, -0.05) is 38.7 Å². The third-order valence-corrected chi connectivity index (χ3v) is 4.55. The first kappa shape index (κ1) is 15.5. The predicted octanol–water partition coefficient (Wildman–Crippen LogP) is 5.10. The number of nitrogens with zero attached hydrogens (tertiary/aromatic N) is 1. The van der Waals surface area contributed by atoms with Crippen LogP contribution in [0.3, 0.4) is 0 Å². The van der Waals surface area contributed by atoms with Crippen molar-refractivity contribution >= 4 is 5.71 Å². The standard InChI is InChI=1S/C20H26FN/c1-20(2,3)12-16-11-19(22-13-16)17-9-8-15(10-18(17)21)7-6-14-4-5-14/h8,10,14,16-17H,4-5,9,11-13H2,1-3H3. The van der Waals surface area contributed by atoms with E-state index >= 15 is 0 Å². The SMILES string of the molecule is CC(C)(C)CC1CN=C(C2CC=C(C#CC3CC3)C=C2F)C1. The summed E-state index contributed by atoms with van der Waals surface area (Å²) in [6.45, 7) is 7.66. The molecule has 0 bridgehead atoms. The van der Waals surface area contributed by atoms with Crippen LogP contribution in [0.25, 0.3) is 0 Å². The molecule has 118 valence electrons. The normalized spacial score (nSPS) is 28.5. The van der Waals surface area contributed by atoms with Gasteiger partial charge in [-0.05, 0) is 49.5 Å². The number of halogens is 1. The maximum Gasteiger partial charge on any atom is 0.110 e. The molecule has 0 radical (unpaired) electrons. The van der Waals surface area contributed by atoms with Crippen molar-refractivity contribution < 1.29 is 4.39 Å². The summed E-state index contributed by atoms with van der Waals surface area (Å²) in [7, 11) is 0. The van der Waals surface area contributed by atoms with E-state index in [1.807, 2.05) is 0 Å². The molecule has 1 heterocycles. The maximum atomic E-state index is 14.4. The summed E-state index contributed by atoms with van der Waals surface area (Å²) in [5.41, 5.74) is 2.24. The number of aliphatic imine (C=N–C) groups is 1. The summed E-state index contributed by atoms with van der Waals surface area (Å²) in [5, 5.41) is 0. The smallest absolute Gasteiger partial charge is 0.110 e. The molecule has 1 aliphatic heterocycles. The zero-order valence-electron chi connectivity index (χ0n) is 14.0. The molecule has 2 aliphatic carbocycles. The molecular weight excluding hydrogens is 273 g/mol. The third kappa shape index (κ3) is 4.09. The quantitative estimate of drug-likeness (QED) is 0.629. The van der Waals surface area contributed by atoms with E-state index in [9.17, 15) is 4.39 Å². The maximum absolute atomic E-state index is 14.4. The van der Waals surface area contributed by atoms with Crippen molar-refractivity contribution in [3.05, 3.63) is 23.6 Å². The summed E-state index contributed by atoms with van der Waals surface area (Å²) in [6.07, 6.45) is 8.97. The molecule has 0 aromatic heterocycles. The average Bonchev–Trinajstić information content (AvgIpc) is 3.15. The highest BCUT2D eigenvalue weighted by Gasteiger charge is 2.31. The molecule has 0 amide bonds. The second-order valence-corrected chi connectivity index (χ2v) is 8.19. The van der Waals surface area contributed by atoms with Gasteiger partial charge in [-0.3, -0.25) is 4.99 Å². The van der Waals surface area contributed by atoms with Crippen LogP contribution in [0, 0.1) is 35.0 Å². The number of allylic oxidation sites excluding steroid dienone is 4. The lowest BCUT2D eigenvalue weighted by Gasteiger charge is -2.23. The van der Waals surface area contributed by atoms with Crippen LogP contribution in [0.4, 0.5) is 4.39 Å². The van der Waals surface area contributed by atoms with Crippen LogP contribution < -0.4 is 0 Å². The fourth-order valence-corrected chi connectivity index (χ4v) is 3.39. The van der Waals surface area contributed by atoms with Gasteiger partial charge in [-0.2, -0.15) is 0 Å². The van der Waals surface area contributed by atoms with E-state index in [1.54, 1.807) is 6.08 Å². The van der Waals surface area contributed by atoms with Gasteiger partial charge in [0.25, 0.3) is 0 Å². The van der Waals surface area contributed by atoms with Crippen molar-refractivity contribution in [2.24, 2.45) is 28.2 Å². The fourth-order valence-electron chi connectivity index (χ4n) is 3.39. The lowest BCUT2D eigenvalue weighted by molar-refractivity contribution is 0.309. The van der Waals surface area contributed by atoms with Gasteiger partial charge in [-0.25, -0.2) is 4.39 Å². The van der Waals surface area contributed by atoms with E-state index in [4.69, 9.17) is 0 Å². The van der Waals surface area contributed by atoms with Gasteiger partial charge >= 0.3 is 0 Å². The zero-order valence-corrected chi connectivity index (χ0v) is 14.0. The van der Waals surface area contributed by atoms with Gasteiger partial charge in [-0.15, -0.1) is 0 Å². The van der Waals surface area contributed by atoms with Crippen LogP contribution in [0.5, 0.6) is 0 Å². The van der Waals surface area contributed by atoms with Crippen LogP contribution in [0.15, 0.2) is 28.5 Å². The average molecular weight is 299 g/mol. The van der Waals surface area contributed by atoms with Crippen LogP contribution in [0.1, 0.15) is 52.9 Å². The van der Waals surface area contributed by atoms with E-state index in [0.717, 1.165) is 37.1 Å². The first-order chi connectivity index (χ1) is 10.4. The number of hydrogen-bond donors (Lipinski definition) is 0. The zero-order chi connectivity index (χ0) is 15.7. The second-order valence-electron chi connectivity index (χ2n) is 8.19. The minimum absolute atomic E-state index is 0.0437. The first-order valence-corrected chi connectivity index (χ1v) is 8.53. The molecule has 2 unspecified atom stereocenters. The molecule has 1 fully saturated rings. The summed E-state index contributed by atoms with van der Waals surface area (Å²) < 4.78 is 14.4. The Balaban J connectivity index is 1.59. The van der Waals surface area contributed by atoms with Crippen LogP contribution in [-0.4, -0.2) is 12.3 Å². The number of hydrogen-bond acceptors (Lipinski definition) is 1. The Morgan fingerprint density at radius 3 is 2.73 bits per heavy atom. The van der Waals surface area contributed by atoms with E-state index in [2.05, 4.69) is 43.7 Å². The molecule has 2 heteroatoms. The molecule has 2 atom stereocenters. The topological polar surface area (TPSA) is 12.4 Å². The van der Waals surface area contributed by atoms with Gasteiger partial charge in [0, 0.05) is 23.7 Å². The third-order valence-electron chi connectivity index (χ3n) is 4.55. The molecule has 3 aliphatic rings. The largest absolute Gasteiger partial charge is 0.293 e. The van der Waals surface area contributed by atoms with Crippen molar-refractivity contribution in [3.8, 4) is 11.8 Å². The van der Waals surface area contributed by atoms with Gasteiger partial charge in [0.1, 0.15) is 5.83 Å². The van der Waals surface area contributed by atoms with E-state index in [1.165, 1.54) is 12.8 Å². The summed E-state index contributed by atoms with van der Waals surface area (Å²) in [4.78, 5) is 4.66. The van der Waals surface area contributed by atoms with Crippen molar-refractivity contribution in [3.63, 3.8) is 0 Å². The molecule has 0 spiro atoms. The van der Waals surface area contributed by atoms with Gasteiger partial charge < -0.3 is 0 Å². The molecular formula is C20H26FN. The summed E-state index contributed by atoms with van der Waals surface area (Å²) >= 11 is 0. The van der Waals surface area contributed by atoms with Crippen molar-refractivity contribution in [1.29, 1.82) is 0 Å². The van der Waals surface area contributed by atoms with Crippen molar-refractivity contribution in [2.75, 3.05) is 6.54 Å². The van der Waals surface area contributed by atoms with Crippen LogP contribution in [-0.2, 0) is 0 Å². The summed E-state index contributed by atoms with van der Waals surface area (Å²) in [5.74, 6) is 7.30. The van der Waals surface area contributed by atoms with Crippen molar-refractivity contribution in [1.82, 2.24) is 0 Å². The highest BCUT2D eigenvalue weighted by Crippen LogP contribution is 2.35. The Bertz CT molecular complexity index is 587. The Hall–Kier alpha value is -1.36. The Kier molecular flexibility index (Phi) is 4.26. The van der Waals surface area contributed by atoms with Gasteiger partial charge in [0.05, 0.1) is 5.92 Å². The molecule has 1 saturated carbocycles. The molecule has 0 aromatic carbocycles. The molecule has 0 aromatic rings. The molecule has 3 rings (SSSR count). The van der Waals surface area contributed by atoms with Crippen LogP contribution >= 0.6 is 0 Å². The van der Waals surface area contributed by atoms with Gasteiger partial charge in [0.15, 0.2) is 0 Å². The lowest BCUT2D eigenvalue weighted by atomic mass is 9.81. The highest BCUT2D eigenvalue weighted by molar-refractivity contribution is 5.91. The Labute approximate surface area is 133 Å². The number of rotatable bonds is 2. The molecule has 0 saturated heterocycles. The van der Waals surface area contributed by atoms with E-state index < -0.39 is 0 Å². The van der Waals surface area contributed by atoms with Gasteiger partial charge in [0.2, 0.25) is 0 Å². The lowest BCUT2D eigenvalue weighted by Crippen LogP contribution is -2.18. The van der Waals surface area contributed by atoms with E-state index in [-0.39, 0.29) is 11.7 Å². The van der Waals surface area contributed by atoms with E-state index in [0.29, 0.717) is 17.3 Å². The fraction of sp³-hybridized carbons (Fsp3) is 0.650. The predicted molar refractivity (Wildman–Crippen MR) is 90.4 cm³/mol. The highest BCUT2D eigenvalue weighted by atomic mass is 19.1. The second kappa shape index (κ2) is 6.03. The molecule has 22 heavy (non-hydrogen) atoms. The monoisotopic (exact) mass is 299 g/mol.